The lowest BCUT2D eigenvalue weighted by molar-refractivity contribution is -0.120. The number of para-hydroxylation sites is 1. The summed E-state index contributed by atoms with van der Waals surface area (Å²) < 4.78 is 0. The highest BCUT2D eigenvalue weighted by molar-refractivity contribution is 5.76. The first-order valence-electron chi connectivity index (χ1n) is 6.55. The van der Waals surface area contributed by atoms with Gasteiger partial charge in [0.1, 0.15) is 0 Å². The van der Waals surface area contributed by atoms with Crippen molar-refractivity contribution >= 4 is 11.6 Å². The van der Waals surface area contributed by atoms with Gasteiger partial charge >= 0.3 is 0 Å². The Kier molecular flexibility index (Phi) is 5.20. The molecule has 18 heavy (non-hydrogen) atoms. The number of amides is 1. The third-order valence-corrected chi connectivity index (χ3v) is 2.78. The molecule has 0 saturated carbocycles. The minimum absolute atomic E-state index is 0.0956. The van der Waals surface area contributed by atoms with E-state index in [-0.39, 0.29) is 11.3 Å². The van der Waals surface area contributed by atoms with E-state index in [1.54, 1.807) is 0 Å². The normalized spacial score (nSPS) is 11.1. The monoisotopic (exact) mass is 248 g/mol. The van der Waals surface area contributed by atoms with Gasteiger partial charge in [-0.1, -0.05) is 39.0 Å². The van der Waals surface area contributed by atoms with Crippen molar-refractivity contribution in [3.63, 3.8) is 0 Å². The molecule has 0 unspecified atom stereocenters. The second kappa shape index (κ2) is 6.43. The maximum Gasteiger partial charge on any atom is 0.221 e. The quantitative estimate of drug-likeness (QED) is 0.841. The molecule has 0 bridgehead atoms. The van der Waals surface area contributed by atoms with E-state index in [4.69, 9.17) is 0 Å². The minimum Gasteiger partial charge on any atom is -0.384 e. The summed E-state index contributed by atoms with van der Waals surface area (Å²) >= 11 is 0. The molecule has 0 aromatic heterocycles. The van der Waals surface area contributed by atoms with Crippen LogP contribution >= 0.6 is 0 Å². The molecule has 0 aliphatic carbocycles. The van der Waals surface area contributed by atoms with Gasteiger partial charge in [0.15, 0.2) is 0 Å². The molecule has 0 heterocycles. The van der Waals surface area contributed by atoms with E-state index >= 15 is 0 Å². The molecule has 1 amide bonds. The van der Waals surface area contributed by atoms with Gasteiger partial charge in [0.2, 0.25) is 5.91 Å². The molecule has 2 N–H and O–H groups in total. The van der Waals surface area contributed by atoms with Crippen LogP contribution in [0.1, 0.15) is 39.7 Å². The highest BCUT2D eigenvalue weighted by Crippen LogP contribution is 2.28. The van der Waals surface area contributed by atoms with Crippen LogP contribution in [-0.4, -0.2) is 19.0 Å². The second-order valence-electron chi connectivity index (χ2n) is 5.43. The van der Waals surface area contributed by atoms with Gasteiger partial charge in [-0.25, -0.2) is 0 Å². The zero-order valence-corrected chi connectivity index (χ0v) is 11.8. The third-order valence-electron chi connectivity index (χ3n) is 2.78. The summed E-state index contributed by atoms with van der Waals surface area (Å²) in [5.41, 5.74) is 2.50. The van der Waals surface area contributed by atoms with E-state index in [1.807, 2.05) is 13.0 Å². The number of rotatable bonds is 5. The van der Waals surface area contributed by atoms with Crippen molar-refractivity contribution in [3.05, 3.63) is 29.8 Å². The lowest BCUT2D eigenvalue weighted by atomic mass is 9.86. The Morgan fingerprint density at radius 1 is 1.22 bits per heavy atom. The van der Waals surface area contributed by atoms with Gasteiger partial charge in [0.25, 0.3) is 0 Å². The van der Waals surface area contributed by atoms with Crippen molar-refractivity contribution in [1.82, 2.24) is 5.32 Å². The number of carbonyl (C=O) groups excluding carboxylic acids is 1. The molecule has 1 rings (SSSR count). The molecule has 100 valence electrons. The van der Waals surface area contributed by atoms with Crippen molar-refractivity contribution in [1.29, 1.82) is 0 Å². The summed E-state index contributed by atoms with van der Waals surface area (Å²) in [5, 5.41) is 6.15. The van der Waals surface area contributed by atoms with Crippen LogP contribution in [0.5, 0.6) is 0 Å². The second-order valence-corrected chi connectivity index (χ2v) is 5.43. The van der Waals surface area contributed by atoms with Gasteiger partial charge < -0.3 is 10.6 Å². The summed E-state index contributed by atoms with van der Waals surface area (Å²) in [6.45, 7) is 9.86. The molecule has 0 aliphatic heterocycles. The highest BCUT2D eigenvalue weighted by Gasteiger charge is 2.17. The zero-order chi connectivity index (χ0) is 13.6. The average Bonchev–Trinajstić information content (AvgIpc) is 2.28. The molecular formula is C15H24N2O. The molecule has 0 atom stereocenters. The minimum atomic E-state index is 0.0956. The third kappa shape index (κ3) is 4.40. The van der Waals surface area contributed by atoms with E-state index in [1.165, 1.54) is 5.56 Å². The van der Waals surface area contributed by atoms with Crippen LogP contribution in [0, 0.1) is 0 Å². The highest BCUT2D eigenvalue weighted by atomic mass is 16.1. The first-order valence-corrected chi connectivity index (χ1v) is 6.55. The van der Waals surface area contributed by atoms with Gasteiger partial charge in [-0.15, -0.1) is 0 Å². The number of benzene rings is 1. The summed E-state index contributed by atoms with van der Waals surface area (Å²) in [4.78, 5) is 11.4. The van der Waals surface area contributed by atoms with E-state index in [0.717, 1.165) is 5.69 Å². The van der Waals surface area contributed by atoms with Crippen LogP contribution in [-0.2, 0) is 10.2 Å². The van der Waals surface area contributed by atoms with Crippen molar-refractivity contribution in [2.24, 2.45) is 0 Å². The van der Waals surface area contributed by atoms with Crippen LogP contribution in [0.15, 0.2) is 24.3 Å². The molecule has 1 aromatic carbocycles. The molecule has 3 heteroatoms. The summed E-state index contributed by atoms with van der Waals surface area (Å²) in [7, 11) is 0. The van der Waals surface area contributed by atoms with Crippen molar-refractivity contribution in [2.75, 3.05) is 18.4 Å². The van der Waals surface area contributed by atoms with E-state index in [9.17, 15) is 4.79 Å². The predicted molar refractivity (Wildman–Crippen MR) is 76.9 cm³/mol. The molecule has 0 radical (unpaired) electrons. The van der Waals surface area contributed by atoms with Crippen LogP contribution in [0.4, 0.5) is 5.69 Å². The summed E-state index contributed by atoms with van der Waals surface area (Å²) in [5.74, 6) is 0.0956. The number of carbonyl (C=O) groups is 1. The number of hydrogen-bond donors (Lipinski definition) is 2. The maximum atomic E-state index is 11.4. The lowest BCUT2D eigenvalue weighted by Gasteiger charge is -2.23. The van der Waals surface area contributed by atoms with Gasteiger partial charge in [-0.3, -0.25) is 4.79 Å². The Hall–Kier alpha value is -1.51. The smallest absolute Gasteiger partial charge is 0.221 e. The van der Waals surface area contributed by atoms with Crippen molar-refractivity contribution < 1.29 is 4.79 Å². The Morgan fingerprint density at radius 2 is 1.89 bits per heavy atom. The number of nitrogens with one attached hydrogen (secondary N) is 2. The van der Waals surface area contributed by atoms with Crippen molar-refractivity contribution in [3.8, 4) is 0 Å². The van der Waals surface area contributed by atoms with Crippen LogP contribution in [0.3, 0.4) is 0 Å². The molecule has 0 spiro atoms. The molecule has 0 saturated heterocycles. The van der Waals surface area contributed by atoms with Gasteiger partial charge in [0.05, 0.1) is 0 Å². The van der Waals surface area contributed by atoms with E-state index in [2.05, 4.69) is 49.6 Å². The number of hydrogen-bond acceptors (Lipinski definition) is 2. The predicted octanol–water partition coefficient (Wildman–Crippen LogP) is 2.92. The average molecular weight is 248 g/mol. The molecule has 0 fully saturated rings. The Labute approximate surface area is 110 Å². The van der Waals surface area contributed by atoms with Crippen LogP contribution in [0.2, 0.25) is 0 Å². The maximum absolute atomic E-state index is 11.4. The lowest BCUT2D eigenvalue weighted by Crippen LogP contribution is -2.25. The first-order chi connectivity index (χ1) is 8.45. The SMILES string of the molecule is CCNC(=O)CCNc1ccccc1C(C)(C)C. The Bertz CT molecular complexity index is 394. The summed E-state index contributed by atoms with van der Waals surface area (Å²) in [6.07, 6.45) is 0.506. The first kappa shape index (κ1) is 14.6. The fraction of sp³-hybridized carbons (Fsp3) is 0.533. The fourth-order valence-electron chi connectivity index (χ4n) is 1.89. The summed E-state index contributed by atoms with van der Waals surface area (Å²) in [6, 6.07) is 8.27. The number of anilines is 1. The van der Waals surface area contributed by atoms with Gasteiger partial charge in [0, 0.05) is 25.2 Å². The fourth-order valence-corrected chi connectivity index (χ4v) is 1.89. The Morgan fingerprint density at radius 3 is 2.50 bits per heavy atom. The largest absolute Gasteiger partial charge is 0.384 e. The molecule has 3 nitrogen and oxygen atoms in total. The van der Waals surface area contributed by atoms with Crippen molar-refractivity contribution in [2.45, 2.75) is 39.5 Å². The van der Waals surface area contributed by atoms with E-state index in [0.29, 0.717) is 19.5 Å². The van der Waals surface area contributed by atoms with Crippen LogP contribution in [0.25, 0.3) is 0 Å². The zero-order valence-electron chi connectivity index (χ0n) is 11.8. The standard InChI is InChI=1S/C15H24N2O/c1-5-16-14(18)10-11-17-13-9-7-6-8-12(13)15(2,3)4/h6-9,17H,5,10-11H2,1-4H3,(H,16,18). The molecule has 1 aromatic rings. The molecule has 0 aliphatic rings. The van der Waals surface area contributed by atoms with Gasteiger partial charge in [-0.05, 0) is 24.0 Å². The topological polar surface area (TPSA) is 41.1 Å². The van der Waals surface area contributed by atoms with Crippen LogP contribution < -0.4 is 10.6 Å². The Balaban J connectivity index is 2.60. The molecular weight excluding hydrogens is 224 g/mol. The van der Waals surface area contributed by atoms with E-state index < -0.39 is 0 Å². The van der Waals surface area contributed by atoms with Gasteiger partial charge in [-0.2, -0.15) is 0 Å².